The number of nitrogens with one attached hydrogen (secondary N) is 1. The van der Waals surface area contributed by atoms with Crippen molar-refractivity contribution in [2.75, 3.05) is 7.11 Å². The minimum absolute atomic E-state index is 0.105. The molecule has 0 amide bonds. The lowest BCUT2D eigenvalue weighted by Crippen LogP contribution is -2.03. The van der Waals surface area contributed by atoms with Gasteiger partial charge in [0.05, 0.1) is 7.11 Å². The molecule has 0 aromatic heterocycles. The van der Waals surface area contributed by atoms with Crippen LogP contribution in [0.15, 0.2) is 18.2 Å². The summed E-state index contributed by atoms with van der Waals surface area (Å²) in [5, 5.41) is 7.57. The fraction of sp³-hybridized carbons (Fsp3) is 0.222. The second-order valence-electron chi connectivity index (χ2n) is 2.54. The van der Waals surface area contributed by atoms with E-state index >= 15 is 0 Å². The van der Waals surface area contributed by atoms with Gasteiger partial charge < -0.3 is 4.74 Å². The Morgan fingerprint density at radius 1 is 1.62 bits per heavy atom. The van der Waals surface area contributed by atoms with Gasteiger partial charge >= 0.3 is 0 Å². The number of hydrogen-bond donors (Lipinski definition) is 1. The van der Waals surface area contributed by atoms with E-state index in [0.717, 1.165) is 0 Å². The zero-order chi connectivity index (χ0) is 9.84. The third-order valence-corrected chi connectivity index (χ3v) is 1.96. The molecule has 0 aliphatic carbocycles. The summed E-state index contributed by atoms with van der Waals surface area (Å²) in [6.45, 7) is 0. The summed E-state index contributed by atoms with van der Waals surface area (Å²) in [6, 6.07) is 4.08. The predicted molar refractivity (Wildman–Crippen MR) is 49.8 cm³/mol. The molecule has 13 heavy (non-hydrogen) atoms. The molecule has 0 saturated carbocycles. The molecule has 0 unspecified atom stereocenters. The Bertz CT molecular complexity index is 327. The standard InChI is InChI=1S/C9H9ClFNO/c1-13-9(12)4-6-2-3-7(11)5-8(6)10/h2-3,5,12H,4H2,1H3. The largest absolute Gasteiger partial charge is 0.484 e. The molecule has 1 aromatic rings. The minimum atomic E-state index is -0.377. The van der Waals surface area contributed by atoms with Crippen LogP contribution in [0.3, 0.4) is 0 Å². The van der Waals surface area contributed by atoms with E-state index in [0.29, 0.717) is 10.6 Å². The van der Waals surface area contributed by atoms with Crippen molar-refractivity contribution in [2.45, 2.75) is 6.42 Å². The highest BCUT2D eigenvalue weighted by atomic mass is 35.5. The van der Waals surface area contributed by atoms with E-state index < -0.39 is 0 Å². The van der Waals surface area contributed by atoms with Gasteiger partial charge in [-0.15, -0.1) is 0 Å². The topological polar surface area (TPSA) is 33.1 Å². The first kappa shape index (κ1) is 9.99. The van der Waals surface area contributed by atoms with Crippen LogP contribution in [0.25, 0.3) is 0 Å². The number of hydrogen-bond acceptors (Lipinski definition) is 2. The van der Waals surface area contributed by atoms with E-state index in [-0.39, 0.29) is 18.1 Å². The molecule has 70 valence electrons. The maximum atomic E-state index is 12.6. The first-order valence-electron chi connectivity index (χ1n) is 3.69. The van der Waals surface area contributed by atoms with Crippen LogP contribution in [-0.2, 0) is 11.2 Å². The Hall–Kier alpha value is -1.09. The molecule has 0 radical (unpaired) electrons. The summed E-state index contributed by atoms with van der Waals surface area (Å²) in [5.74, 6) is -0.272. The number of methoxy groups -OCH3 is 1. The number of benzene rings is 1. The highest BCUT2D eigenvalue weighted by Gasteiger charge is 2.04. The molecule has 1 N–H and O–H groups in total. The molecule has 0 bridgehead atoms. The van der Waals surface area contributed by atoms with Gasteiger partial charge in [0.2, 0.25) is 0 Å². The molecule has 0 aliphatic heterocycles. The molecule has 1 rings (SSSR count). The molecule has 0 aliphatic rings. The van der Waals surface area contributed by atoms with Gasteiger partial charge in [0, 0.05) is 11.4 Å². The highest BCUT2D eigenvalue weighted by molar-refractivity contribution is 6.31. The average Bonchev–Trinajstić information content (AvgIpc) is 2.09. The van der Waals surface area contributed by atoms with Gasteiger partial charge in [-0.1, -0.05) is 17.7 Å². The Kier molecular flexibility index (Phi) is 3.25. The van der Waals surface area contributed by atoms with E-state index in [1.807, 2.05) is 0 Å². The van der Waals surface area contributed by atoms with E-state index in [1.54, 1.807) is 6.07 Å². The maximum absolute atomic E-state index is 12.6. The van der Waals surface area contributed by atoms with Crippen LogP contribution in [0.1, 0.15) is 5.56 Å². The second-order valence-corrected chi connectivity index (χ2v) is 2.95. The lowest BCUT2D eigenvalue weighted by atomic mass is 10.1. The van der Waals surface area contributed by atoms with Crippen molar-refractivity contribution < 1.29 is 9.13 Å². The molecular formula is C9H9ClFNO. The summed E-state index contributed by atoms with van der Waals surface area (Å²) < 4.78 is 17.3. The van der Waals surface area contributed by atoms with Gasteiger partial charge in [0.1, 0.15) is 5.82 Å². The Balaban J connectivity index is 2.83. The molecule has 4 heteroatoms. The average molecular weight is 202 g/mol. The van der Waals surface area contributed by atoms with E-state index in [9.17, 15) is 4.39 Å². The Labute approximate surface area is 80.8 Å². The Morgan fingerprint density at radius 2 is 2.31 bits per heavy atom. The van der Waals surface area contributed by atoms with Crippen molar-refractivity contribution in [1.29, 1.82) is 5.41 Å². The molecule has 2 nitrogen and oxygen atoms in total. The summed E-state index contributed by atoms with van der Waals surface area (Å²) >= 11 is 5.74. The van der Waals surface area contributed by atoms with Crippen molar-refractivity contribution in [3.63, 3.8) is 0 Å². The fourth-order valence-electron chi connectivity index (χ4n) is 0.910. The van der Waals surface area contributed by atoms with Gasteiger partial charge in [-0.3, -0.25) is 5.41 Å². The quantitative estimate of drug-likeness (QED) is 0.579. The Morgan fingerprint density at radius 3 is 2.85 bits per heavy atom. The smallest absolute Gasteiger partial charge is 0.184 e. The number of ether oxygens (including phenoxy) is 1. The predicted octanol–water partition coefficient (Wildman–Crippen LogP) is 2.65. The molecule has 0 fully saturated rings. The number of rotatable bonds is 2. The second kappa shape index (κ2) is 4.23. The summed E-state index contributed by atoms with van der Waals surface area (Å²) in [7, 11) is 1.42. The van der Waals surface area contributed by atoms with Crippen molar-refractivity contribution >= 4 is 17.5 Å². The van der Waals surface area contributed by atoms with E-state index in [4.69, 9.17) is 17.0 Å². The first-order chi connectivity index (χ1) is 6.13. The summed E-state index contributed by atoms with van der Waals surface area (Å²) in [5.41, 5.74) is 0.690. The van der Waals surface area contributed by atoms with Gasteiger partial charge in [0.15, 0.2) is 5.90 Å². The highest BCUT2D eigenvalue weighted by Crippen LogP contribution is 2.17. The van der Waals surface area contributed by atoms with Crippen LogP contribution < -0.4 is 0 Å². The van der Waals surface area contributed by atoms with Crippen LogP contribution >= 0.6 is 11.6 Å². The van der Waals surface area contributed by atoms with Crippen LogP contribution in [0.2, 0.25) is 5.02 Å². The molecular weight excluding hydrogens is 193 g/mol. The lowest BCUT2D eigenvalue weighted by molar-refractivity contribution is 0.390. The number of halogens is 2. The van der Waals surface area contributed by atoms with Crippen LogP contribution in [0, 0.1) is 11.2 Å². The van der Waals surface area contributed by atoms with E-state index in [2.05, 4.69) is 4.74 Å². The molecule has 0 saturated heterocycles. The minimum Gasteiger partial charge on any atom is -0.484 e. The zero-order valence-electron chi connectivity index (χ0n) is 7.10. The van der Waals surface area contributed by atoms with Crippen molar-refractivity contribution in [3.05, 3.63) is 34.6 Å². The fourth-order valence-corrected chi connectivity index (χ4v) is 1.14. The molecule has 0 heterocycles. The third kappa shape index (κ3) is 2.70. The summed E-state index contributed by atoms with van der Waals surface area (Å²) in [6.07, 6.45) is 0.287. The zero-order valence-corrected chi connectivity index (χ0v) is 7.86. The molecule has 0 spiro atoms. The first-order valence-corrected chi connectivity index (χ1v) is 4.06. The van der Waals surface area contributed by atoms with Crippen LogP contribution in [-0.4, -0.2) is 13.0 Å². The molecule has 1 aromatic carbocycles. The van der Waals surface area contributed by atoms with E-state index in [1.165, 1.54) is 19.2 Å². The van der Waals surface area contributed by atoms with Gasteiger partial charge in [-0.05, 0) is 17.7 Å². The summed E-state index contributed by atoms with van der Waals surface area (Å²) in [4.78, 5) is 0. The van der Waals surface area contributed by atoms with Crippen molar-refractivity contribution in [2.24, 2.45) is 0 Å². The monoisotopic (exact) mass is 201 g/mol. The van der Waals surface area contributed by atoms with Crippen molar-refractivity contribution in [3.8, 4) is 0 Å². The molecule has 0 atom stereocenters. The SMILES string of the molecule is COC(=N)Cc1ccc(F)cc1Cl. The third-order valence-electron chi connectivity index (χ3n) is 1.61. The van der Waals surface area contributed by atoms with Crippen molar-refractivity contribution in [1.82, 2.24) is 0 Å². The van der Waals surface area contributed by atoms with Gasteiger partial charge in [-0.2, -0.15) is 0 Å². The van der Waals surface area contributed by atoms with Crippen LogP contribution in [0.4, 0.5) is 4.39 Å². The van der Waals surface area contributed by atoms with Gasteiger partial charge in [0.25, 0.3) is 0 Å². The van der Waals surface area contributed by atoms with Crippen LogP contribution in [0.5, 0.6) is 0 Å². The normalized spacial score (nSPS) is 9.77. The van der Waals surface area contributed by atoms with Gasteiger partial charge in [-0.25, -0.2) is 4.39 Å². The maximum Gasteiger partial charge on any atom is 0.184 e. The lowest BCUT2D eigenvalue weighted by Gasteiger charge is -2.04.